The monoisotopic (exact) mass is 318 g/mol. The molecule has 0 aliphatic carbocycles. The van der Waals surface area contributed by atoms with E-state index in [0.29, 0.717) is 16.5 Å². The number of amides is 2. The number of nitrogens with one attached hydrogen (secondary N) is 2. The van der Waals surface area contributed by atoms with Gasteiger partial charge < -0.3 is 15.4 Å². The van der Waals surface area contributed by atoms with Gasteiger partial charge in [-0.1, -0.05) is 41.9 Å². The van der Waals surface area contributed by atoms with Crippen LogP contribution in [0.15, 0.2) is 42.5 Å². The molecule has 0 saturated carbocycles. The average Bonchev–Trinajstić information content (AvgIpc) is 2.51. The number of aryl methyl sites for hydroxylation is 1. The fourth-order valence-electron chi connectivity index (χ4n) is 2.11. The lowest BCUT2D eigenvalue weighted by Crippen LogP contribution is -2.31. The van der Waals surface area contributed by atoms with Crippen LogP contribution in [0.2, 0.25) is 5.02 Å². The van der Waals surface area contributed by atoms with E-state index in [-0.39, 0.29) is 12.1 Å². The van der Waals surface area contributed by atoms with E-state index in [1.54, 1.807) is 12.1 Å². The molecule has 0 aliphatic heterocycles. The van der Waals surface area contributed by atoms with Crippen molar-refractivity contribution in [3.05, 3.63) is 58.6 Å². The van der Waals surface area contributed by atoms with Crippen molar-refractivity contribution >= 4 is 23.3 Å². The van der Waals surface area contributed by atoms with Crippen molar-refractivity contribution in [2.45, 2.75) is 19.9 Å². The summed E-state index contributed by atoms with van der Waals surface area (Å²) in [6, 6.07) is 12.8. The molecular formula is C17H19ClN2O2. The minimum atomic E-state index is -0.295. The van der Waals surface area contributed by atoms with Crippen LogP contribution in [-0.4, -0.2) is 13.1 Å². The summed E-state index contributed by atoms with van der Waals surface area (Å²) in [7, 11) is 1.54. The number of hydrogen-bond donors (Lipinski definition) is 2. The van der Waals surface area contributed by atoms with E-state index in [1.165, 1.54) is 7.11 Å². The highest BCUT2D eigenvalue weighted by molar-refractivity contribution is 6.31. The first kappa shape index (κ1) is 16.2. The lowest BCUT2D eigenvalue weighted by Gasteiger charge is -2.17. The lowest BCUT2D eigenvalue weighted by molar-refractivity contribution is 0.249. The topological polar surface area (TPSA) is 50.4 Å². The first-order chi connectivity index (χ1) is 10.5. The summed E-state index contributed by atoms with van der Waals surface area (Å²) in [6.45, 7) is 3.80. The van der Waals surface area contributed by atoms with Gasteiger partial charge in [0.15, 0.2) is 0 Å². The van der Waals surface area contributed by atoms with Crippen molar-refractivity contribution in [3.63, 3.8) is 0 Å². The van der Waals surface area contributed by atoms with Crippen molar-refractivity contribution < 1.29 is 9.53 Å². The normalized spacial score (nSPS) is 11.6. The maximum Gasteiger partial charge on any atom is 0.319 e. The minimum Gasteiger partial charge on any atom is -0.495 e. The molecular weight excluding hydrogens is 300 g/mol. The molecule has 2 rings (SSSR count). The molecule has 1 unspecified atom stereocenters. The molecule has 0 aromatic heterocycles. The summed E-state index contributed by atoms with van der Waals surface area (Å²) in [5.74, 6) is 0.526. The number of hydrogen-bond acceptors (Lipinski definition) is 2. The van der Waals surface area contributed by atoms with Gasteiger partial charge >= 0.3 is 6.03 Å². The molecule has 2 aromatic rings. The standard InChI is InChI=1S/C17H19ClN2O2/c1-11-9-15(16(22-3)10-14(11)18)20-17(21)19-12(2)13-7-5-4-6-8-13/h4-10,12H,1-3H3,(H2,19,20,21). The van der Waals surface area contributed by atoms with Crippen molar-refractivity contribution in [2.24, 2.45) is 0 Å². The molecule has 22 heavy (non-hydrogen) atoms. The Balaban J connectivity index is 2.08. The van der Waals surface area contributed by atoms with E-state index in [9.17, 15) is 4.79 Å². The molecule has 0 spiro atoms. The second-order valence-corrected chi connectivity index (χ2v) is 5.44. The number of ether oxygens (including phenoxy) is 1. The van der Waals surface area contributed by atoms with Crippen molar-refractivity contribution in [3.8, 4) is 5.75 Å². The van der Waals surface area contributed by atoms with E-state index in [2.05, 4.69) is 10.6 Å². The Kier molecular flexibility index (Phi) is 5.28. The van der Waals surface area contributed by atoms with Crippen molar-refractivity contribution in [2.75, 3.05) is 12.4 Å². The highest BCUT2D eigenvalue weighted by Gasteiger charge is 2.13. The maximum absolute atomic E-state index is 12.1. The molecule has 0 radical (unpaired) electrons. The average molecular weight is 319 g/mol. The molecule has 2 N–H and O–H groups in total. The molecule has 0 saturated heterocycles. The van der Waals surface area contributed by atoms with E-state index in [1.807, 2.05) is 44.2 Å². The quantitative estimate of drug-likeness (QED) is 0.869. The summed E-state index contributed by atoms with van der Waals surface area (Å²) < 4.78 is 5.24. The van der Waals surface area contributed by atoms with Gasteiger partial charge in [0.25, 0.3) is 0 Å². The van der Waals surface area contributed by atoms with Crippen LogP contribution >= 0.6 is 11.6 Å². The number of carbonyl (C=O) groups excluding carboxylic acids is 1. The summed E-state index contributed by atoms with van der Waals surface area (Å²) in [5.41, 5.74) is 2.49. The van der Waals surface area contributed by atoms with Crippen LogP contribution in [0.1, 0.15) is 24.1 Å². The summed E-state index contributed by atoms with van der Waals surface area (Å²) in [6.07, 6.45) is 0. The van der Waals surface area contributed by atoms with Crippen LogP contribution in [0.5, 0.6) is 5.75 Å². The maximum atomic E-state index is 12.1. The molecule has 0 fully saturated rings. The Morgan fingerprint density at radius 1 is 1.23 bits per heavy atom. The van der Waals surface area contributed by atoms with Gasteiger partial charge in [0.05, 0.1) is 18.8 Å². The summed E-state index contributed by atoms with van der Waals surface area (Å²) in [4.78, 5) is 12.1. The number of halogens is 1. The Labute approximate surface area is 135 Å². The van der Waals surface area contributed by atoms with Crippen LogP contribution in [0.25, 0.3) is 0 Å². The molecule has 4 nitrogen and oxygen atoms in total. The van der Waals surface area contributed by atoms with Gasteiger partial charge in [-0.3, -0.25) is 0 Å². The smallest absolute Gasteiger partial charge is 0.319 e. The van der Waals surface area contributed by atoms with Gasteiger partial charge in [-0.05, 0) is 31.0 Å². The van der Waals surface area contributed by atoms with E-state index in [0.717, 1.165) is 11.1 Å². The van der Waals surface area contributed by atoms with E-state index >= 15 is 0 Å². The number of rotatable bonds is 4. The number of anilines is 1. The van der Waals surface area contributed by atoms with Crippen LogP contribution in [-0.2, 0) is 0 Å². The number of methoxy groups -OCH3 is 1. The Morgan fingerprint density at radius 3 is 2.55 bits per heavy atom. The largest absolute Gasteiger partial charge is 0.495 e. The third-order valence-electron chi connectivity index (χ3n) is 3.38. The molecule has 5 heteroatoms. The Morgan fingerprint density at radius 2 is 1.91 bits per heavy atom. The van der Waals surface area contributed by atoms with Gasteiger partial charge in [-0.25, -0.2) is 4.79 Å². The van der Waals surface area contributed by atoms with Crippen molar-refractivity contribution in [1.82, 2.24) is 5.32 Å². The Hall–Kier alpha value is -2.20. The third kappa shape index (κ3) is 3.92. The number of benzene rings is 2. The molecule has 2 amide bonds. The first-order valence-corrected chi connectivity index (χ1v) is 7.35. The molecule has 0 bridgehead atoms. The van der Waals surface area contributed by atoms with Gasteiger partial charge in [0.2, 0.25) is 0 Å². The van der Waals surface area contributed by atoms with Crippen molar-refractivity contribution in [1.29, 1.82) is 0 Å². The molecule has 0 aliphatic rings. The molecule has 1 atom stereocenters. The molecule has 2 aromatic carbocycles. The highest BCUT2D eigenvalue weighted by Crippen LogP contribution is 2.30. The zero-order chi connectivity index (χ0) is 16.1. The minimum absolute atomic E-state index is 0.0967. The predicted molar refractivity (Wildman–Crippen MR) is 89.8 cm³/mol. The fourth-order valence-corrected chi connectivity index (χ4v) is 2.26. The SMILES string of the molecule is COc1cc(Cl)c(C)cc1NC(=O)NC(C)c1ccccc1. The van der Waals surface area contributed by atoms with Gasteiger partial charge in [-0.15, -0.1) is 0 Å². The predicted octanol–water partition coefficient (Wildman–Crippen LogP) is 4.54. The summed E-state index contributed by atoms with van der Waals surface area (Å²) in [5, 5.41) is 6.29. The van der Waals surface area contributed by atoms with Crippen LogP contribution in [0.3, 0.4) is 0 Å². The molecule has 116 valence electrons. The fraction of sp³-hybridized carbons (Fsp3) is 0.235. The first-order valence-electron chi connectivity index (χ1n) is 6.98. The van der Waals surface area contributed by atoms with Crippen LogP contribution < -0.4 is 15.4 Å². The van der Waals surface area contributed by atoms with Crippen LogP contribution in [0.4, 0.5) is 10.5 Å². The van der Waals surface area contributed by atoms with Crippen LogP contribution in [0, 0.1) is 6.92 Å². The Bertz CT molecular complexity index is 659. The van der Waals surface area contributed by atoms with E-state index < -0.39 is 0 Å². The molecule has 0 heterocycles. The van der Waals surface area contributed by atoms with Gasteiger partial charge in [0.1, 0.15) is 5.75 Å². The highest BCUT2D eigenvalue weighted by atomic mass is 35.5. The van der Waals surface area contributed by atoms with Gasteiger partial charge in [-0.2, -0.15) is 0 Å². The summed E-state index contributed by atoms with van der Waals surface area (Å²) >= 11 is 6.06. The zero-order valence-corrected chi connectivity index (χ0v) is 13.6. The second kappa shape index (κ2) is 7.18. The van der Waals surface area contributed by atoms with Gasteiger partial charge in [0, 0.05) is 11.1 Å². The zero-order valence-electron chi connectivity index (χ0n) is 12.8. The second-order valence-electron chi connectivity index (χ2n) is 5.03. The lowest BCUT2D eigenvalue weighted by atomic mass is 10.1. The van der Waals surface area contributed by atoms with E-state index in [4.69, 9.17) is 16.3 Å². The third-order valence-corrected chi connectivity index (χ3v) is 3.78. The number of carbonyl (C=O) groups is 1. The number of urea groups is 1.